The number of hydrogen-bond acceptors (Lipinski definition) is 4. The van der Waals surface area contributed by atoms with E-state index in [0.29, 0.717) is 18.7 Å². The Kier molecular flexibility index (Phi) is 11.2. The van der Waals surface area contributed by atoms with Gasteiger partial charge in [-0.05, 0) is 26.0 Å². The van der Waals surface area contributed by atoms with E-state index in [-0.39, 0.29) is 54.7 Å². The molecule has 1 aromatic carbocycles. The van der Waals surface area contributed by atoms with Crippen LogP contribution >= 0.6 is 0 Å². The molecule has 2 atom stereocenters. The summed E-state index contributed by atoms with van der Waals surface area (Å²) in [5, 5.41) is 9.93. The first-order valence-electron chi connectivity index (χ1n) is 11.8. The average molecular weight is 460 g/mol. The van der Waals surface area contributed by atoms with Gasteiger partial charge in [0.15, 0.2) is 0 Å². The molecule has 1 aliphatic carbocycles. The number of carbonyl (C=O) groups is 2. The zero-order chi connectivity index (χ0) is 23.8. The van der Waals surface area contributed by atoms with Gasteiger partial charge in [0.2, 0.25) is 0 Å². The Hall–Kier alpha value is -2.20. The predicted octanol–water partition coefficient (Wildman–Crippen LogP) is 0.441. The van der Waals surface area contributed by atoms with E-state index in [9.17, 15) is 15.0 Å². The summed E-state index contributed by atoms with van der Waals surface area (Å²) >= 11 is 0. The Labute approximate surface area is 215 Å². The van der Waals surface area contributed by atoms with Crippen molar-refractivity contribution in [2.75, 3.05) is 26.2 Å². The molecule has 34 heavy (non-hydrogen) atoms. The van der Waals surface area contributed by atoms with Crippen molar-refractivity contribution >= 4 is 17.5 Å². The second-order valence-corrected chi connectivity index (χ2v) is 8.84. The van der Waals surface area contributed by atoms with Crippen molar-refractivity contribution in [1.82, 2.24) is 9.80 Å². The molecule has 4 rings (SSSR count). The largest absolute Gasteiger partial charge is 1.00 e. The number of likely N-dealkylation sites (tertiary alicyclic amines) is 1. The minimum Gasteiger partial charge on any atom is -0.900 e. The molecular formula is C26H34LiN3O4-2. The average Bonchev–Trinajstić information content (AvgIpc) is 3.34. The Bertz CT molecular complexity index is 843. The molecule has 0 bridgehead atoms. The maximum atomic E-state index is 12.1. The minimum absolute atomic E-state index is 0. The van der Waals surface area contributed by atoms with Crippen LogP contribution in [0.5, 0.6) is 5.75 Å². The van der Waals surface area contributed by atoms with Gasteiger partial charge in [-0.3, -0.25) is 16.6 Å². The molecule has 8 heteroatoms. The third-order valence-corrected chi connectivity index (χ3v) is 5.98. The summed E-state index contributed by atoms with van der Waals surface area (Å²) < 4.78 is 11.4. The maximum absolute atomic E-state index is 12.1. The summed E-state index contributed by atoms with van der Waals surface area (Å²) in [6, 6.07) is 9.81. The molecule has 1 aromatic rings. The van der Waals surface area contributed by atoms with Crippen LogP contribution in [0.1, 0.15) is 46.0 Å². The first-order chi connectivity index (χ1) is 15.8. The Morgan fingerprint density at radius 2 is 1.71 bits per heavy atom. The van der Waals surface area contributed by atoms with Crippen LogP contribution in [0.3, 0.4) is 0 Å². The number of morpholine rings is 1. The zero-order valence-electron chi connectivity index (χ0n) is 20.7. The molecule has 3 aliphatic rings. The standard InChI is InChI=1S/C13H18N2O2.C13H16NO2.Li/c1-9-7-15(8-10(2)17-9)13(16)12(14)11-5-3-4-6-11;1-11(15)14-9-7-13(8-10-14)16-12-5-3-2-4-6-12;/h9-10H,3-5,7-8H2,1-2H3;2-6,13H,1,7-10H2;/q-2;-1;+1/t9-,10+;;. The van der Waals surface area contributed by atoms with Crippen molar-refractivity contribution in [2.45, 2.75) is 64.3 Å². The number of piperidine rings is 1. The van der Waals surface area contributed by atoms with Gasteiger partial charge >= 0.3 is 18.9 Å². The third kappa shape index (κ3) is 8.23. The summed E-state index contributed by atoms with van der Waals surface area (Å²) in [5.41, 5.74) is 0.561. The van der Waals surface area contributed by atoms with Crippen molar-refractivity contribution in [3.8, 4) is 5.75 Å². The number of rotatable bonds is 4. The molecule has 0 N–H and O–H groups in total. The van der Waals surface area contributed by atoms with Crippen LogP contribution in [0.25, 0.3) is 5.41 Å². The van der Waals surface area contributed by atoms with E-state index in [4.69, 9.17) is 9.47 Å². The van der Waals surface area contributed by atoms with Gasteiger partial charge in [-0.1, -0.05) is 31.0 Å². The smallest absolute Gasteiger partial charge is 0.900 e. The van der Waals surface area contributed by atoms with Crippen molar-refractivity contribution in [3.05, 3.63) is 54.3 Å². The van der Waals surface area contributed by atoms with Gasteiger partial charge in [-0.15, -0.1) is 6.42 Å². The topological polar surface area (TPSA) is 81.4 Å². The van der Waals surface area contributed by atoms with Crippen LogP contribution in [-0.2, 0) is 14.3 Å². The molecule has 0 unspecified atom stereocenters. The van der Waals surface area contributed by atoms with Crippen molar-refractivity contribution in [3.63, 3.8) is 0 Å². The molecule has 2 aliphatic heterocycles. The zero-order valence-corrected chi connectivity index (χ0v) is 20.7. The molecule has 0 saturated carbocycles. The number of allylic oxidation sites excluding steroid dienone is 1. The van der Waals surface area contributed by atoms with E-state index < -0.39 is 0 Å². The summed E-state index contributed by atoms with van der Waals surface area (Å²) in [5.74, 6) is 0.538. The molecule has 2 heterocycles. The SMILES string of the molecule is C[C@@H]1CN(C(=O)C(=[N-])C2=[C-]CCC2)C[C@H](C)O1.[CH2-]C(=O)N1CCC(Oc2ccccc2)CC1.[Li+]. The molecule has 2 amide bonds. The fourth-order valence-corrected chi connectivity index (χ4v) is 4.33. The summed E-state index contributed by atoms with van der Waals surface area (Å²) in [7, 11) is 0. The fraction of sp³-hybridized carbons (Fsp3) is 0.538. The second kappa shape index (κ2) is 13.6. The monoisotopic (exact) mass is 459 g/mol. The molecule has 0 radical (unpaired) electrons. The number of para-hydroxylation sites is 1. The Morgan fingerprint density at radius 3 is 2.24 bits per heavy atom. The first kappa shape index (κ1) is 28.0. The number of ether oxygens (including phenoxy) is 2. The van der Waals surface area contributed by atoms with Gasteiger partial charge in [0, 0.05) is 39.0 Å². The third-order valence-electron chi connectivity index (χ3n) is 5.98. The molecular weight excluding hydrogens is 425 g/mol. The normalized spacial score (nSPS) is 22.6. The summed E-state index contributed by atoms with van der Waals surface area (Å²) in [4.78, 5) is 26.6. The van der Waals surface area contributed by atoms with Crippen molar-refractivity contribution in [1.29, 1.82) is 0 Å². The quantitative estimate of drug-likeness (QED) is 0.372. The van der Waals surface area contributed by atoms with Crippen molar-refractivity contribution in [2.24, 2.45) is 0 Å². The van der Waals surface area contributed by atoms with Gasteiger partial charge in [0.1, 0.15) is 17.8 Å². The van der Waals surface area contributed by atoms with Crippen molar-refractivity contribution < 1.29 is 37.9 Å². The molecule has 0 spiro atoms. The van der Waals surface area contributed by atoms with E-state index in [1.54, 1.807) is 9.80 Å². The fourth-order valence-electron chi connectivity index (χ4n) is 4.33. The predicted molar refractivity (Wildman–Crippen MR) is 128 cm³/mol. The number of hydrogen-bond donors (Lipinski definition) is 0. The van der Waals surface area contributed by atoms with Crippen LogP contribution in [0.15, 0.2) is 35.9 Å². The number of nitrogens with zero attached hydrogens (tertiary/aromatic N) is 3. The summed E-state index contributed by atoms with van der Waals surface area (Å²) in [6.45, 7) is 9.88. The minimum atomic E-state index is -0.281. The van der Waals surface area contributed by atoms with E-state index in [2.05, 4.69) is 13.0 Å². The van der Waals surface area contributed by atoms with Gasteiger partial charge < -0.3 is 36.4 Å². The molecule has 0 aromatic heterocycles. The van der Waals surface area contributed by atoms with Crippen LogP contribution in [0.2, 0.25) is 0 Å². The van der Waals surface area contributed by atoms with E-state index in [1.807, 2.05) is 44.2 Å². The van der Waals surface area contributed by atoms with Gasteiger partial charge in [0.05, 0.1) is 18.1 Å². The second-order valence-electron chi connectivity index (χ2n) is 8.84. The van der Waals surface area contributed by atoms with Crippen LogP contribution in [-0.4, -0.2) is 71.8 Å². The number of amides is 2. The Balaban J connectivity index is 0.000000234. The van der Waals surface area contributed by atoms with E-state index in [0.717, 1.165) is 50.9 Å². The molecule has 2 fully saturated rings. The molecule has 2 saturated heterocycles. The molecule has 7 nitrogen and oxygen atoms in total. The van der Waals surface area contributed by atoms with Gasteiger partial charge in [-0.25, -0.2) is 5.57 Å². The Morgan fingerprint density at radius 1 is 1.09 bits per heavy atom. The number of benzene rings is 1. The summed E-state index contributed by atoms with van der Waals surface area (Å²) in [6.07, 6.45) is 7.66. The van der Waals surface area contributed by atoms with Crippen LogP contribution < -0.4 is 23.6 Å². The van der Waals surface area contributed by atoms with Crippen LogP contribution in [0, 0.1) is 13.0 Å². The van der Waals surface area contributed by atoms with Gasteiger partial charge in [-0.2, -0.15) is 0 Å². The van der Waals surface area contributed by atoms with Crippen LogP contribution in [0.4, 0.5) is 0 Å². The maximum Gasteiger partial charge on any atom is 1.00 e. The van der Waals surface area contributed by atoms with E-state index in [1.165, 1.54) is 0 Å². The van der Waals surface area contributed by atoms with Gasteiger partial charge in [0.25, 0.3) is 0 Å². The molecule has 180 valence electrons. The number of carbonyl (C=O) groups excluding carboxylic acids is 2. The first-order valence-corrected chi connectivity index (χ1v) is 11.8. The van der Waals surface area contributed by atoms with E-state index >= 15 is 0 Å².